The summed E-state index contributed by atoms with van der Waals surface area (Å²) in [4.78, 5) is 36.7. The summed E-state index contributed by atoms with van der Waals surface area (Å²) in [5, 5.41) is 6.45. The van der Waals surface area contributed by atoms with Crippen molar-refractivity contribution in [3.63, 3.8) is 0 Å². The lowest BCUT2D eigenvalue weighted by Gasteiger charge is -2.33. The molecule has 0 unspecified atom stereocenters. The molecule has 0 spiro atoms. The van der Waals surface area contributed by atoms with Crippen LogP contribution >= 0.6 is 0 Å². The third-order valence-electron chi connectivity index (χ3n) is 6.93. The van der Waals surface area contributed by atoms with Crippen LogP contribution in [0.4, 0.5) is 24.7 Å². The number of carbonyl (C=O) groups excluding carboxylic acids is 2. The Labute approximate surface area is 240 Å². The van der Waals surface area contributed by atoms with Crippen molar-refractivity contribution < 1.29 is 27.5 Å². The summed E-state index contributed by atoms with van der Waals surface area (Å²) in [5.74, 6) is 0.0995. The maximum Gasteiger partial charge on any atom is 0.416 e. The number of alkyl halides is 3. The zero-order valence-corrected chi connectivity index (χ0v) is 23.0. The second-order valence-corrected chi connectivity index (χ2v) is 10.1. The minimum absolute atomic E-state index is 0.0603. The molecule has 1 fully saturated rings. The topological polar surface area (TPSA) is 99.7 Å². The average molecular weight is 579 g/mol. The Morgan fingerprint density at radius 3 is 2.48 bits per heavy atom. The number of likely N-dealkylation sites (N-methyl/N-ethyl adjacent to an activating group) is 1. The van der Waals surface area contributed by atoms with E-state index >= 15 is 0 Å². The standard InChI is InChI=1S/C30H29F3N6O3/c1-19(40)36-27-16-28(35-18-34-27)42-23-8-9-24-20(14-23)4-3-5-25(24)29(41)37-22-7-6-21(26(15-22)30(31,32)33)17-39-12-10-38(2)11-13-39/h3-9,14-16,18H,10-13,17H2,1-2H3,(H,37,41)(H,34,35,36,40). The number of carbonyl (C=O) groups is 2. The van der Waals surface area contributed by atoms with E-state index in [0.29, 0.717) is 35.2 Å². The summed E-state index contributed by atoms with van der Waals surface area (Å²) in [6.07, 6.45) is -3.31. The van der Waals surface area contributed by atoms with Crippen LogP contribution in [-0.2, 0) is 17.5 Å². The molecule has 4 aromatic rings. The average Bonchev–Trinajstić information content (AvgIpc) is 2.94. The van der Waals surface area contributed by atoms with Gasteiger partial charge in [0.1, 0.15) is 17.9 Å². The molecule has 5 rings (SSSR count). The molecular weight excluding hydrogens is 549 g/mol. The second-order valence-electron chi connectivity index (χ2n) is 10.1. The quantitative estimate of drug-likeness (QED) is 0.303. The molecule has 1 aliphatic rings. The Kier molecular flexibility index (Phi) is 8.36. The molecule has 9 nitrogen and oxygen atoms in total. The third-order valence-corrected chi connectivity index (χ3v) is 6.93. The molecule has 1 aromatic heterocycles. The fraction of sp³-hybridized carbons (Fsp3) is 0.267. The maximum absolute atomic E-state index is 14.0. The van der Waals surface area contributed by atoms with Crippen LogP contribution in [0.15, 0.2) is 67.0 Å². The molecule has 2 N–H and O–H groups in total. The molecule has 0 atom stereocenters. The number of aromatic nitrogens is 2. The number of benzene rings is 3. The molecule has 0 saturated carbocycles. The van der Waals surface area contributed by atoms with E-state index in [1.807, 2.05) is 11.9 Å². The molecule has 42 heavy (non-hydrogen) atoms. The van der Waals surface area contributed by atoms with E-state index in [4.69, 9.17) is 4.74 Å². The van der Waals surface area contributed by atoms with E-state index in [2.05, 4.69) is 25.5 Å². The van der Waals surface area contributed by atoms with Crippen molar-refractivity contribution in [3.05, 3.63) is 83.7 Å². The largest absolute Gasteiger partial charge is 0.439 e. The van der Waals surface area contributed by atoms with Gasteiger partial charge in [0.15, 0.2) is 0 Å². The fourth-order valence-electron chi connectivity index (χ4n) is 4.79. The van der Waals surface area contributed by atoms with Gasteiger partial charge in [-0.1, -0.05) is 18.2 Å². The first-order chi connectivity index (χ1) is 20.0. The van der Waals surface area contributed by atoms with Gasteiger partial charge in [0.25, 0.3) is 5.91 Å². The van der Waals surface area contributed by atoms with E-state index < -0.39 is 17.6 Å². The van der Waals surface area contributed by atoms with Gasteiger partial charge in [0, 0.05) is 57.0 Å². The normalized spacial score (nSPS) is 14.5. The van der Waals surface area contributed by atoms with E-state index in [1.54, 1.807) is 36.4 Å². The lowest BCUT2D eigenvalue weighted by molar-refractivity contribution is -0.138. The van der Waals surface area contributed by atoms with Crippen molar-refractivity contribution in [2.75, 3.05) is 43.9 Å². The molecule has 0 bridgehead atoms. The number of piperazine rings is 1. The number of amides is 2. The molecule has 0 radical (unpaired) electrons. The summed E-state index contributed by atoms with van der Waals surface area (Å²) in [7, 11) is 1.99. The van der Waals surface area contributed by atoms with Crippen LogP contribution in [0.1, 0.15) is 28.4 Å². The Bertz CT molecular complexity index is 1620. The summed E-state index contributed by atoms with van der Waals surface area (Å²) in [6.45, 7) is 4.53. The molecule has 1 saturated heterocycles. The second kappa shape index (κ2) is 12.1. The van der Waals surface area contributed by atoms with Crippen molar-refractivity contribution in [1.82, 2.24) is 19.8 Å². The Morgan fingerprint density at radius 2 is 1.74 bits per heavy atom. The predicted molar refractivity (Wildman–Crippen MR) is 153 cm³/mol. The molecular formula is C30H29F3N6O3. The molecule has 12 heteroatoms. The molecule has 0 aliphatic carbocycles. The summed E-state index contributed by atoms with van der Waals surface area (Å²) >= 11 is 0. The number of hydrogen-bond donors (Lipinski definition) is 2. The van der Waals surface area contributed by atoms with Crippen LogP contribution in [0.25, 0.3) is 10.8 Å². The van der Waals surface area contributed by atoms with Gasteiger partial charge in [-0.05, 0) is 59.8 Å². The van der Waals surface area contributed by atoms with Crippen LogP contribution in [0.5, 0.6) is 11.6 Å². The number of nitrogens with one attached hydrogen (secondary N) is 2. The van der Waals surface area contributed by atoms with Crippen molar-refractivity contribution in [3.8, 4) is 11.6 Å². The number of nitrogens with zero attached hydrogens (tertiary/aromatic N) is 4. The van der Waals surface area contributed by atoms with Crippen molar-refractivity contribution >= 4 is 34.1 Å². The van der Waals surface area contributed by atoms with Gasteiger partial charge in [-0.2, -0.15) is 13.2 Å². The third kappa shape index (κ3) is 7.01. The molecule has 3 aromatic carbocycles. The highest BCUT2D eigenvalue weighted by atomic mass is 19.4. The zero-order chi connectivity index (χ0) is 29.9. The van der Waals surface area contributed by atoms with Crippen molar-refractivity contribution in [2.45, 2.75) is 19.6 Å². The monoisotopic (exact) mass is 578 g/mol. The lowest BCUT2D eigenvalue weighted by Crippen LogP contribution is -2.44. The first-order valence-corrected chi connectivity index (χ1v) is 13.3. The maximum atomic E-state index is 14.0. The highest BCUT2D eigenvalue weighted by Gasteiger charge is 2.34. The fourth-order valence-corrected chi connectivity index (χ4v) is 4.79. The number of rotatable bonds is 7. The summed E-state index contributed by atoms with van der Waals surface area (Å²) in [5.41, 5.74) is -0.227. The van der Waals surface area contributed by atoms with Crippen LogP contribution in [0.3, 0.4) is 0 Å². The number of anilines is 2. The highest BCUT2D eigenvalue weighted by molar-refractivity contribution is 6.13. The number of ether oxygens (including phenoxy) is 1. The predicted octanol–water partition coefficient (Wildman–Crippen LogP) is 5.40. The Hall–Kier alpha value is -4.55. The molecule has 2 amide bonds. The van der Waals surface area contributed by atoms with E-state index in [1.165, 1.54) is 31.5 Å². The SMILES string of the molecule is CC(=O)Nc1cc(Oc2ccc3c(C(=O)Nc4ccc(CN5CCN(C)CC5)c(C(F)(F)F)c4)cccc3c2)ncn1. The van der Waals surface area contributed by atoms with Gasteiger partial charge in [0.05, 0.1) is 5.56 Å². The van der Waals surface area contributed by atoms with Gasteiger partial charge in [-0.15, -0.1) is 0 Å². The van der Waals surface area contributed by atoms with Crippen LogP contribution in [-0.4, -0.2) is 64.8 Å². The highest BCUT2D eigenvalue weighted by Crippen LogP contribution is 2.35. The van der Waals surface area contributed by atoms with Crippen LogP contribution in [0, 0.1) is 0 Å². The van der Waals surface area contributed by atoms with Crippen LogP contribution in [0.2, 0.25) is 0 Å². The lowest BCUT2D eigenvalue weighted by atomic mass is 10.0. The van der Waals surface area contributed by atoms with Crippen LogP contribution < -0.4 is 15.4 Å². The first kappa shape index (κ1) is 29.0. The van der Waals surface area contributed by atoms with Gasteiger partial charge < -0.3 is 20.3 Å². The van der Waals surface area contributed by atoms with E-state index in [-0.39, 0.29) is 35.4 Å². The summed E-state index contributed by atoms with van der Waals surface area (Å²) < 4.78 is 47.8. The summed E-state index contributed by atoms with van der Waals surface area (Å²) in [6, 6.07) is 15.5. The Morgan fingerprint density at radius 1 is 0.952 bits per heavy atom. The minimum atomic E-state index is -4.56. The van der Waals surface area contributed by atoms with Gasteiger partial charge in [0.2, 0.25) is 11.8 Å². The first-order valence-electron chi connectivity index (χ1n) is 13.3. The zero-order valence-electron chi connectivity index (χ0n) is 23.0. The number of halogens is 3. The Balaban J connectivity index is 1.34. The van der Waals surface area contributed by atoms with Crippen molar-refractivity contribution in [2.24, 2.45) is 0 Å². The van der Waals surface area contributed by atoms with Gasteiger partial charge in [-0.3, -0.25) is 14.5 Å². The molecule has 1 aliphatic heterocycles. The van der Waals surface area contributed by atoms with E-state index in [9.17, 15) is 22.8 Å². The number of hydrogen-bond acceptors (Lipinski definition) is 7. The van der Waals surface area contributed by atoms with Gasteiger partial charge >= 0.3 is 6.18 Å². The molecule has 218 valence electrons. The smallest absolute Gasteiger partial charge is 0.416 e. The molecule has 2 heterocycles. The van der Waals surface area contributed by atoms with E-state index in [0.717, 1.165) is 19.2 Å². The van der Waals surface area contributed by atoms with Gasteiger partial charge in [-0.25, -0.2) is 9.97 Å². The number of fused-ring (bicyclic) bond motifs is 1. The van der Waals surface area contributed by atoms with Crippen molar-refractivity contribution in [1.29, 1.82) is 0 Å². The minimum Gasteiger partial charge on any atom is -0.439 e.